The molecule has 1 aliphatic heterocycles. The molecule has 1 amide bonds. The van der Waals surface area contributed by atoms with E-state index >= 15 is 0 Å². The number of benzene rings is 1. The molecule has 0 fully saturated rings. The van der Waals surface area contributed by atoms with Crippen molar-refractivity contribution in [2.75, 3.05) is 6.61 Å². The van der Waals surface area contributed by atoms with Crippen LogP contribution in [0.3, 0.4) is 0 Å². The number of hydrogen-bond donors (Lipinski definition) is 2. The van der Waals surface area contributed by atoms with Crippen molar-refractivity contribution in [2.45, 2.75) is 64.1 Å². The normalized spacial score (nSPS) is 18.5. The summed E-state index contributed by atoms with van der Waals surface area (Å²) in [5.74, 6) is -0.188. The van der Waals surface area contributed by atoms with Crippen LogP contribution in [0.25, 0.3) is 0 Å². The Hall–Kier alpha value is -4.00. The highest BCUT2D eigenvalue weighted by Gasteiger charge is 2.27. The summed E-state index contributed by atoms with van der Waals surface area (Å²) in [6, 6.07) is 7.28. The van der Waals surface area contributed by atoms with Crippen molar-refractivity contribution in [3.8, 4) is 5.75 Å². The second kappa shape index (κ2) is 15.3. The molecule has 1 aromatic rings. The number of fused-ring (bicyclic) bond motifs is 1. The van der Waals surface area contributed by atoms with Gasteiger partial charge in [0.2, 0.25) is 0 Å². The number of allylic oxidation sites excluding steroid dienone is 5. The minimum Gasteiger partial charge on any atom is -0.493 e. The molecule has 200 valence electrons. The molecule has 0 radical (unpaired) electrons. The maximum atomic E-state index is 13.0. The van der Waals surface area contributed by atoms with Crippen molar-refractivity contribution in [3.63, 3.8) is 0 Å². The lowest BCUT2D eigenvalue weighted by molar-refractivity contribution is -0.137. The summed E-state index contributed by atoms with van der Waals surface area (Å²) in [6.07, 6.45) is 18.8. The first-order valence-corrected chi connectivity index (χ1v) is 13.2. The van der Waals surface area contributed by atoms with Gasteiger partial charge in [0.1, 0.15) is 5.75 Å². The van der Waals surface area contributed by atoms with Crippen LogP contribution in [0.2, 0.25) is 0 Å². The van der Waals surface area contributed by atoms with E-state index in [1.807, 2.05) is 60.7 Å². The van der Waals surface area contributed by atoms with Gasteiger partial charge in [-0.25, -0.2) is 0 Å². The number of carbonyl (C=O) groups excluding carboxylic acids is 1. The van der Waals surface area contributed by atoms with Gasteiger partial charge >= 0.3 is 5.97 Å². The van der Waals surface area contributed by atoms with E-state index in [1.165, 1.54) is 0 Å². The number of rotatable bonds is 15. The molecule has 2 N–H and O–H groups in total. The molecule has 0 aromatic heterocycles. The SMILES string of the molecule is C=C/C=C\C=C\C1=NC2C=CC(C(=O)NCc3ccccc3OCCCC)=CC2N=C1CCCCC(=O)O. The third-order valence-corrected chi connectivity index (χ3v) is 6.16. The highest BCUT2D eigenvalue weighted by molar-refractivity contribution is 6.47. The fraction of sp³-hybridized carbons (Fsp3) is 0.355. The number of amides is 1. The zero-order chi connectivity index (χ0) is 27.2. The van der Waals surface area contributed by atoms with Crippen molar-refractivity contribution in [2.24, 2.45) is 9.98 Å². The summed E-state index contributed by atoms with van der Waals surface area (Å²) >= 11 is 0. The van der Waals surface area contributed by atoms with Gasteiger partial charge in [0, 0.05) is 24.1 Å². The van der Waals surface area contributed by atoms with Gasteiger partial charge in [0.15, 0.2) is 0 Å². The molecule has 1 aromatic carbocycles. The van der Waals surface area contributed by atoms with Crippen molar-refractivity contribution < 1.29 is 19.4 Å². The number of hydrogen-bond acceptors (Lipinski definition) is 5. The Morgan fingerprint density at radius 1 is 1.11 bits per heavy atom. The maximum absolute atomic E-state index is 13.0. The van der Waals surface area contributed by atoms with Gasteiger partial charge in [-0.05, 0) is 43.9 Å². The summed E-state index contributed by atoms with van der Waals surface area (Å²) in [4.78, 5) is 33.7. The molecule has 3 rings (SSSR count). The zero-order valence-electron chi connectivity index (χ0n) is 22.0. The number of carboxylic acid groups (broad SMARTS) is 1. The zero-order valence-corrected chi connectivity index (χ0v) is 22.0. The fourth-order valence-corrected chi connectivity index (χ4v) is 4.10. The minimum absolute atomic E-state index is 0.128. The first kappa shape index (κ1) is 28.6. The van der Waals surface area contributed by atoms with Gasteiger partial charge in [-0.1, -0.05) is 74.6 Å². The Morgan fingerprint density at radius 2 is 1.95 bits per heavy atom. The van der Waals surface area contributed by atoms with E-state index in [0.29, 0.717) is 38.0 Å². The molecular weight excluding hydrogens is 478 g/mol. The van der Waals surface area contributed by atoms with Crippen LogP contribution in [-0.2, 0) is 16.1 Å². The topological polar surface area (TPSA) is 100 Å². The van der Waals surface area contributed by atoms with Gasteiger partial charge in [0.25, 0.3) is 5.91 Å². The summed E-state index contributed by atoms with van der Waals surface area (Å²) in [5, 5.41) is 11.9. The molecule has 7 heteroatoms. The first-order chi connectivity index (χ1) is 18.5. The molecule has 38 heavy (non-hydrogen) atoms. The summed E-state index contributed by atoms with van der Waals surface area (Å²) < 4.78 is 5.88. The second-order valence-electron chi connectivity index (χ2n) is 9.13. The number of aliphatic carboxylic acids is 1. The molecule has 0 saturated heterocycles. The molecular formula is C31H37N3O4. The molecule has 0 spiro atoms. The van der Waals surface area contributed by atoms with Crippen LogP contribution in [0.5, 0.6) is 5.75 Å². The highest BCUT2D eigenvalue weighted by Crippen LogP contribution is 2.24. The number of nitrogens with one attached hydrogen (secondary N) is 1. The van der Waals surface area contributed by atoms with E-state index in [0.717, 1.165) is 35.6 Å². The molecule has 0 bridgehead atoms. The van der Waals surface area contributed by atoms with E-state index in [4.69, 9.17) is 19.8 Å². The lowest BCUT2D eigenvalue weighted by Crippen LogP contribution is -2.34. The van der Waals surface area contributed by atoms with E-state index < -0.39 is 5.97 Å². The van der Waals surface area contributed by atoms with E-state index in [2.05, 4.69) is 18.8 Å². The highest BCUT2D eigenvalue weighted by atomic mass is 16.5. The average molecular weight is 516 g/mol. The third-order valence-electron chi connectivity index (χ3n) is 6.16. The third kappa shape index (κ3) is 8.83. The van der Waals surface area contributed by atoms with Crippen LogP contribution in [0, 0.1) is 0 Å². The molecule has 1 aliphatic carbocycles. The molecule has 2 aliphatic rings. The largest absolute Gasteiger partial charge is 0.493 e. The number of aliphatic imine (C=N–C) groups is 2. The lowest BCUT2D eigenvalue weighted by Gasteiger charge is -2.26. The fourth-order valence-electron chi connectivity index (χ4n) is 4.10. The lowest BCUT2D eigenvalue weighted by atomic mass is 9.94. The summed E-state index contributed by atoms with van der Waals surface area (Å²) in [5.41, 5.74) is 3.08. The first-order valence-electron chi connectivity index (χ1n) is 13.2. The van der Waals surface area contributed by atoms with Crippen LogP contribution < -0.4 is 10.1 Å². The van der Waals surface area contributed by atoms with Gasteiger partial charge < -0.3 is 15.2 Å². The number of nitrogens with zero attached hydrogens (tertiary/aromatic N) is 2. The Morgan fingerprint density at radius 3 is 2.74 bits per heavy atom. The molecule has 1 heterocycles. The average Bonchev–Trinajstić information content (AvgIpc) is 2.92. The number of ether oxygens (including phenoxy) is 1. The van der Waals surface area contributed by atoms with Crippen molar-refractivity contribution in [1.82, 2.24) is 5.32 Å². The van der Waals surface area contributed by atoms with Gasteiger partial charge in [-0.2, -0.15) is 0 Å². The number of carboxylic acids is 1. The van der Waals surface area contributed by atoms with E-state index in [-0.39, 0.29) is 24.4 Å². The van der Waals surface area contributed by atoms with E-state index in [9.17, 15) is 9.59 Å². The molecule has 7 nitrogen and oxygen atoms in total. The van der Waals surface area contributed by atoms with Crippen LogP contribution >= 0.6 is 0 Å². The molecule has 2 unspecified atom stereocenters. The Balaban J connectivity index is 1.69. The van der Waals surface area contributed by atoms with Gasteiger partial charge in [-0.3, -0.25) is 19.6 Å². The van der Waals surface area contributed by atoms with Crippen LogP contribution in [0.1, 0.15) is 51.0 Å². The van der Waals surface area contributed by atoms with Crippen molar-refractivity contribution >= 4 is 23.3 Å². The quantitative estimate of drug-likeness (QED) is 0.236. The van der Waals surface area contributed by atoms with Crippen LogP contribution in [0.4, 0.5) is 0 Å². The summed E-state index contributed by atoms with van der Waals surface area (Å²) in [6.45, 7) is 6.81. The predicted molar refractivity (Wildman–Crippen MR) is 153 cm³/mol. The number of unbranched alkanes of at least 4 members (excludes halogenated alkanes) is 2. The molecule has 2 atom stereocenters. The van der Waals surface area contributed by atoms with Crippen molar-refractivity contribution in [1.29, 1.82) is 0 Å². The summed E-state index contributed by atoms with van der Waals surface area (Å²) in [7, 11) is 0. The van der Waals surface area contributed by atoms with Crippen LogP contribution in [-0.4, -0.2) is 47.1 Å². The smallest absolute Gasteiger partial charge is 0.303 e. The Bertz CT molecular complexity index is 1170. The van der Waals surface area contributed by atoms with Gasteiger partial charge in [0.05, 0.1) is 30.1 Å². The van der Waals surface area contributed by atoms with Crippen LogP contribution in [0.15, 0.2) is 95.0 Å². The monoisotopic (exact) mass is 515 g/mol. The number of carbonyl (C=O) groups is 2. The molecule has 0 saturated carbocycles. The van der Waals surface area contributed by atoms with Crippen molar-refractivity contribution in [3.05, 3.63) is 90.6 Å². The van der Waals surface area contributed by atoms with E-state index in [1.54, 1.807) is 12.2 Å². The Labute approximate surface area is 225 Å². The standard InChI is InChI=1S/C31H37N3O4/c1-3-5-7-8-14-25-26(15-10-12-17-30(35)36)34-28-21-23(18-19-27(28)33-25)31(37)32-22-24-13-9-11-16-29(24)38-20-6-4-2/h3,5,7-9,11,13-14,16,18-19,21,27-28H,1,4,6,10,12,15,17,20,22H2,2H3,(H,32,37)(H,35,36)/b7-5-,14-8+. The van der Waals surface area contributed by atoms with Gasteiger partial charge in [-0.15, -0.1) is 0 Å². The minimum atomic E-state index is -0.801. The Kier molecular flexibility index (Phi) is 11.5. The second-order valence-corrected chi connectivity index (χ2v) is 9.13. The predicted octanol–water partition coefficient (Wildman–Crippen LogP) is 5.55. The number of para-hydroxylation sites is 1. The maximum Gasteiger partial charge on any atom is 0.303 e.